The summed E-state index contributed by atoms with van der Waals surface area (Å²) in [6.45, 7) is 4.92. The standard InChI is InChI=1S/C25H31N7O2/c33-22-25(9-10-27-22)15-17-16-28-24(30-21(17)32(23(25)34)20-3-1-2-4-20)29-18-5-7-19(8-6-18)31-13-11-26-12-14-31/h5-8,16,20,26H,1-4,9-15H2,(H,27,33)(H,28,29,30)/p+1. The normalized spacial score (nSPS) is 25.1. The molecule has 4 N–H and O–H groups in total. The fraction of sp³-hybridized carbons (Fsp3) is 0.520. The lowest BCUT2D eigenvalue weighted by Gasteiger charge is -2.40. The van der Waals surface area contributed by atoms with Crippen molar-refractivity contribution in [3.63, 3.8) is 0 Å². The van der Waals surface area contributed by atoms with Crippen LogP contribution >= 0.6 is 0 Å². The molecule has 9 nitrogen and oxygen atoms in total. The van der Waals surface area contributed by atoms with E-state index in [9.17, 15) is 9.59 Å². The predicted octanol–water partition coefficient (Wildman–Crippen LogP) is 0.942. The van der Waals surface area contributed by atoms with Gasteiger partial charge in [0.05, 0.1) is 26.2 Å². The quantitative estimate of drug-likeness (QED) is 0.584. The van der Waals surface area contributed by atoms with E-state index >= 15 is 0 Å². The Hall–Kier alpha value is -3.20. The third-order valence-electron chi connectivity index (χ3n) is 7.85. The summed E-state index contributed by atoms with van der Waals surface area (Å²) in [5.74, 6) is 0.900. The number of carbonyl (C=O) groups is 2. The number of nitrogens with one attached hydrogen (secondary N) is 2. The van der Waals surface area contributed by atoms with Crippen LogP contribution in [0.5, 0.6) is 0 Å². The van der Waals surface area contributed by atoms with E-state index in [2.05, 4.69) is 38.0 Å². The van der Waals surface area contributed by atoms with Crippen LogP contribution in [0.4, 0.5) is 23.1 Å². The number of hydrogen-bond donors (Lipinski definition) is 3. The Balaban J connectivity index is 1.28. The molecule has 9 heteroatoms. The van der Waals surface area contributed by atoms with Crippen molar-refractivity contribution < 1.29 is 14.9 Å². The fourth-order valence-electron chi connectivity index (χ4n) is 5.96. The van der Waals surface area contributed by atoms with Crippen molar-refractivity contribution in [2.45, 2.75) is 44.6 Å². The van der Waals surface area contributed by atoms with Crippen LogP contribution in [0.15, 0.2) is 30.5 Å². The average molecular weight is 463 g/mol. The van der Waals surface area contributed by atoms with E-state index in [0.29, 0.717) is 31.2 Å². The van der Waals surface area contributed by atoms with Crippen LogP contribution in [0.2, 0.25) is 0 Å². The van der Waals surface area contributed by atoms with E-state index in [1.165, 1.54) is 5.69 Å². The van der Waals surface area contributed by atoms with Crippen molar-refractivity contribution in [1.29, 1.82) is 0 Å². The summed E-state index contributed by atoms with van der Waals surface area (Å²) in [7, 11) is 0. The van der Waals surface area contributed by atoms with Crippen LogP contribution in [-0.2, 0) is 16.0 Å². The molecule has 3 aliphatic heterocycles. The molecule has 1 spiro atoms. The molecule has 178 valence electrons. The van der Waals surface area contributed by atoms with Gasteiger partial charge in [0.25, 0.3) is 0 Å². The Morgan fingerprint density at radius 1 is 1.09 bits per heavy atom. The zero-order chi connectivity index (χ0) is 23.1. The van der Waals surface area contributed by atoms with E-state index in [1.54, 1.807) is 6.20 Å². The van der Waals surface area contributed by atoms with Gasteiger partial charge in [0.2, 0.25) is 17.8 Å². The number of piperazine rings is 1. The van der Waals surface area contributed by atoms with E-state index in [1.807, 2.05) is 17.0 Å². The second-order valence-corrected chi connectivity index (χ2v) is 9.95. The number of nitrogens with zero attached hydrogens (tertiary/aromatic N) is 4. The summed E-state index contributed by atoms with van der Waals surface area (Å²) >= 11 is 0. The molecule has 2 amide bonds. The molecule has 4 aliphatic rings. The zero-order valence-corrected chi connectivity index (χ0v) is 19.4. The molecular formula is C25H32N7O2+. The van der Waals surface area contributed by atoms with Crippen LogP contribution in [0.25, 0.3) is 0 Å². The average Bonchev–Trinajstić information content (AvgIpc) is 3.52. The number of hydrogen-bond acceptors (Lipinski definition) is 6. The van der Waals surface area contributed by atoms with Gasteiger partial charge >= 0.3 is 0 Å². The van der Waals surface area contributed by atoms with E-state index in [4.69, 9.17) is 4.98 Å². The summed E-state index contributed by atoms with van der Waals surface area (Å²) in [6.07, 6.45) is 6.80. The molecule has 1 aliphatic carbocycles. The molecule has 34 heavy (non-hydrogen) atoms. The molecule has 6 rings (SSSR count). The van der Waals surface area contributed by atoms with Crippen molar-refractivity contribution >= 4 is 35.0 Å². The van der Waals surface area contributed by atoms with Gasteiger partial charge in [0.15, 0.2) is 0 Å². The first-order valence-electron chi connectivity index (χ1n) is 12.6. The first kappa shape index (κ1) is 21.3. The van der Waals surface area contributed by atoms with E-state index in [-0.39, 0.29) is 17.9 Å². The van der Waals surface area contributed by atoms with Crippen molar-refractivity contribution in [1.82, 2.24) is 15.3 Å². The highest BCUT2D eigenvalue weighted by Crippen LogP contribution is 2.44. The monoisotopic (exact) mass is 462 g/mol. The van der Waals surface area contributed by atoms with Crippen molar-refractivity contribution in [3.05, 3.63) is 36.0 Å². The minimum Gasteiger partial charge on any atom is -0.360 e. The summed E-state index contributed by atoms with van der Waals surface area (Å²) < 4.78 is 0. The van der Waals surface area contributed by atoms with Gasteiger partial charge in [-0.15, -0.1) is 0 Å². The maximum absolute atomic E-state index is 13.7. The molecule has 3 fully saturated rings. The maximum atomic E-state index is 13.7. The molecule has 2 saturated heterocycles. The lowest BCUT2D eigenvalue weighted by Crippen LogP contribution is -2.89. The smallest absolute Gasteiger partial charge is 0.244 e. The molecule has 1 saturated carbocycles. The summed E-state index contributed by atoms with van der Waals surface area (Å²) in [6, 6.07) is 8.45. The van der Waals surface area contributed by atoms with Crippen LogP contribution in [-0.4, -0.2) is 60.5 Å². The Bertz CT molecular complexity index is 1090. The number of nitrogens with two attached hydrogens (primary N) is 1. The molecule has 4 heterocycles. The van der Waals surface area contributed by atoms with Crippen molar-refractivity contribution in [2.75, 3.05) is 47.8 Å². The summed E-state index contributed by atoms with van der Waals surface area (Å²) in [5.41, 5.74) is 2.01. The SMILES string of the molecule is O=C1NCCC12Cc1cnc(Nc3ccc(N4CC[NH2+]CC4)cc3)nc1N(C1CCCC1)C2=O. The highest BCUT2D eigenvalue weighted by Gasteiger charge is 2.56. The number of rotatable bonds is 4. The van der Waals surface area contributed by atoms with Gasteiger partial charge in [-0.3, -0.25) is 14.5 Å². The van der Waals surface area contributed by atoms with Crippen molar-refractivity contribution in [2.24, 2.45) is 5.41 Å². The number of anilines is 4. The first-order chi connectivity index (χ1) is 16.6. The highest BCUT2D eigenvalue weighted by atomic mass is 16.2. The fourth-order valence-corrected chi connectivity index (χ4v) is 5.96. The first-order valence-corrected chi connectivity index (χ1v) is 12.6. The number of carbonyl (C=O) groups excluding carboxylic acids is 2. The molecule has 1 aromatic carbocycles. The van der Waals surface area contributed by atoms with Crippen LogP contribution in [0.1, 0.15) is 37.7 Å². The van der Waals surface area contributed by atoms with Gasteiger partial charge < -0.3 is 20.9 Å². The third-order valence-corrected chi connectivity index (χ3v) is 7.85. The molecular weight excluding hydrogens is 430 g/mol. The second-order valence-electron chi connectivity index (χ2n) is 9.95. The second kappa shape index (κ2) is 8.54. The third kappa shape index (κ3) is 3.58. The zero-order valence-electron chi connectivity index (χ0n) is 19.4. The van der Waals surface area contributed by atoms with Gasteiger partial charge in [-0.05, 0) is 43.5 Å². The molecule has 2 aromatic rings. The lowest BCUT2D eigenvalue weighted by molar-refractivity contribution is -0.655. The summed E-state index contributed by atoms with van der Waals surface area (Å²) in [4.78, 5) is 40.1. The number of quaternary nitrogens is 1. The highest BCUT2D eigenvalue weighted by molar-refractivity contribution is 6.14. The minimum absolute atomic E-state index is 0.0883. The summed E-state index contributed by atoms with van der Waals surface area (Å²) in [5, 5.41) is 8.54. The molecule has 0 radical (unpaired) electrons. The van der Waals surface area contributed by atoms with Gasteiger partial charge in [0, 0.05) is 42.1 Å². The van der Waals surface area contributed by atoms with Gasteiger partial charge in [-0.1, -0.05) is 12.8 Å². The van der Waals surface area contributed by atoms with Gasteiger partial charge in [-0.25, -0.2) is 4.98 Å². The predicted molar refractivity (Wildman–Crippen MR) is 129 cm³/mol. The Labute approximate surface area is 199 Å². The molecule has 0 bridgehead atoms. The van der Waals surface area contributed by atoms with Crippen molar-refractivity contribution in [3.8, 4) is 0 Å². The van der Waals surface area contributed by atoms with E-state index < -0.39 is 5.41 Å². The van der Waals surface area contributed by atoms with Gasteiger partial charge in [0.1, 0.15) is 11.2 Å². The van der Waals surface area contributed by atoms with Crippen LogP contribution in [0, 0.1) is 5.41 Å². The minimum atomic E-state index is -1.00. The van der Waals surface area contributed by atoms with E-state index in [0.717, 1.165) is 63.1 Å². The van der Waals surface area contributed by atoms with Gasteiger partial charge in [-0.2, -0.15) is 4.98 Å². The number of fused-ring (bicyclic) bond motifs is 1. The largest absolute Gasteiger partial charge is 0.360 e. The number of aromatic nitrogens is 2. The molecule has 1 unspecified atom stereocenters. The Kier molecular flexibility index (Phi) is 5.36. The maximum Gasteiger partial charge on any atom is 0.244 e. The number of amides is 2. The Morgan fingerprint density at radius 3 is 2.56 bits per heavy atom. The topological polar surface area (TPSA) is 107 Å². The Morgan fingerprint density at radius 2 is 1.85 bits per heavy atom. The van der Waals surface area contributed by atoms with Crippen LogP contribution < -0.4 is 25.8 Å². The molecule has 1 atom stereocenters. The number of benzene rings is 1. The lowest BCUT2D eigenvalue weighted by atomic mass is 9.76. The van der Waals surface area contributed by atoms with Crippen LogP contribution in [0.3, 0.4) is 0 Å². The molecule has 1 aromatic heterocycles.